The Labute approximate surface area is 352 Å². The van der Waals surface area contributed by atoms with Crippen molar-refractivity contribution >= 4 is 68.1 Å². The summed E-state index contributed by atoms with van der Waals surface area (Å²) in [5.74, 6) is -0.615. The first kappa shape index (κ1) is 39.7. The molecule has 3 atom stereocenters. The summed E-state index contributed by atoms with van der Waals surface area (Å²) in [6.45, 7) is 5.75. The molecule has 61 heavy (non-hydrogen) atoms. The number of amides is 4. The summed E-state index contributed by atoms with van der Waals surface area (Å²) in [5.41, 5.74) is 1.35. The van der Waals surface area contributed by atoms with Gasteiger partial charge in [-0.2, -0.15) is 14.6 Å². The van der Waals surface area contributed by atoms with Gasteiger partial charge < -0.3 is 25.2 Å². The molecule has 0 radical (unpaired) electrons. The Morgan fingerprint density at radius 3 is 2.56 bits per heavy atom. The van der Waals surface area contributed by atoms with E-state index in [1.54, 1.807) is 10.9 Å². The van der Waals surface area contributed by atoms with Gasteiger partial charge in [-0.1, -0.05) is 12.1 Å². The van der Waals surface area contributed by atoms with Crippen molar-refractivity contribution in [3.63, 3.8) is 0 Å². The number of anilines is 3. The molecule has 1 aromatic carbocycles. The Balaban J connectivity index is 0.699. The topological polar surface area (TPSA) is 184 Å². The van der Waals surface area contributed by atoms with Crippen LogP contribution in [0.2, 0.25) is 0 Å². The number of carbonyl (C=O) groups is 4. The maximum atomic E-state index is 14.3. The summed E-state index contributed by atoms with van der Waals surface area (Å²) < 4.78 is 42.7. The van der Waals surface area contributed by atoms with E-state index in [-0.39, 0.29) is 60.1 Å². The lowest BCUT2D eigenvalue weighted by molar-refractivity contribution is -0.134. The first-order valence-electron chi connectivity index (χ1n) is 21.0. The molecule has 5 aliphatic rings. The molecule has 1 aliphatic carbocycles. The second kappa shape index (κ2) is 16.4. The van der Waals surface area contributed by atoms with Crippen LogP contribution < -0.4 is 20.9 Å². The number of fused-ring (bicyclic) bond motifs is 4. The number of hydrogen-bond donors (Lipinski definition) is 3. The number of rotatable bonds is 11. The molecule has 4 amide bonds. The average molecular weight is 857 g/mol. The highest BCUT2D eigenvalue weighted by Gasteiger charge is 2.40. The third kappa shape index (κ3) is 7.97. The van der Waals surface area contributed by atoms with Crippen molar-refractivity contribution in [2.24, 2.45) is 5.92 Å². The number of piperidine rings is 1. The van der Waals surface area contributed by atoms with E-state index in [0.29, 0.717) is 36.0 Å². The van der Waals surface area contributed by atoms with Gasteiger partial charge in [0.25, 0.3) is 12.3 Å². The van der Waals surface area contributed by atoms with E-state index >= 15 is 0 Å². The first-order valence-corrected chi connectivity index (χ1v) is 21.8. The fourth-order valence-electron chi connectivity index (χ4n) is 9.66. The molecule has 5 aromatic rings. The second-order valence-electron chi connectivity index (χ2n) is 16.8. The smallest absolute Gasteiger partial charge is 0.284 e. The quantitative estimate of drug-likeness (QED) is 0.161. The molecule has 2 bridgehead atoms. The highest BCUT2D eigenvalue weighted by atomic mass is 32.1. The normalized spacial score (nSPS) is 24.9. The zero-order valence-electron chi connectivity index (χ0n) is 33.3. The van der Waals surface area contributed by atoms with Crippen LogP contribution in [0.4, 0.5) is 26.0 Å². The maximum absolute atomic E-state index is 14.3. The fraction of sp³-hybridized carbons (Fsp3) is 0.512. The van der Waals surface area contributed by atoms with Gasteiger partial charge in [0.1, 0.15) is 11.4 Å². The largest absolute Gasteiger partial charge is 0.374 e. The molecule has 8 heterocycles. The van der Waals surface area contributed by atoms with E-state index in [1.807, 2.05) is 24.3 Å². The average Bonchev–Trinajstić information content (AvgIpc) is 4.11. The molecule has 0 unspecified atom stereocenters. The number of aromatic nitrogens is 6. The standard InChI is InChI=1S/C41H46F2N12O5S/c42-38(43)36-31(46-41(59)29-17-44-54-11-10-32(47-39(29)54)53-19-26-16-25(53)22-60-26)20-55(49-36)24-6-4-23(5-7-24)18-51-12-14-52(15-13-51)21-34(57)45-30-3-1-2-27-35(50-61-37(27)30)28-8-9-33(56)48-40(28)58/h1-3,10-11,17,20,23-26,28,38H,4-9,12-16,18-19,21-22H2,(H,45,57)(H,46,59)(H,48,56,58)/t23?,24?,25-,26-,28+/m0/s1. The van der Waals surface area contributed by atoms with Crippen LogP contribution in [0.3, 0.4) is 0 Å². The number of piperazine rings is 1. The number of benzene rings is 1. The minimum atomic E-state index is -2.87. The van der Waals surface area contributed by atoms with E-state index in [1.165, 1.54) is 28.4 Å². The molecule has 4 aromatic heterocycles. The number of hydrogen-bond acceptors (Lipinski definition) is 13. The molecule has 10 rings (SSSR count). The molecule has 320 valence electrons. The van der Waals surface area contributed by atoms with Gasteiger partial charge in [0, 0.05) is 63.5 Å². The lowest BCUT2D eigenvalue weighted by atomic mass is 9.85. The first-order chi connectivity index (χ1) is 29.6. The van der Waals surface area contributed by atoms with Crippen molar-refractivity contribution < 1.29 is 32.7 Å². The summed E-state index contributed by atoms with van der Waals surface area (Å²) in [7, 11) is 0. The minimum absolute atomic E-state index is 0.0160. The van der Waals surface area contributed by atoms with Crippen LogP contribution in [0.15, 0.2) is 42.9 Å². The number of nitrogens with one attached hydrogen (secondary N) is 3. The Morgan fingerprint density at radius 1 is 0.984 bits per heavy atom. The summed E-state index contributed by atoms with van der Waals surface area (Å²) in [6, 6.07) is 7.61. The number of imide groups is 1. The van der Waals surface area contributed by atoms with Gasteiger partial charge in [-0.15, -0.1) is 0 Å². The van der Waals surface area contributed by atoms with E-state index < -0.39 is 23.9 Å². The third-order valence-corrected chi connectivity index (χ3v) is 13.8. The Kier molecular flexibility index (Phi) is 10.7. The van der Waals surface area contributed by atoms with E-state index in [4.69, 9.17) is 9.72 Å². The molecular formula is C41H46F2N12O5S. The zero-order valence-corrected chi connectivity index (χ0v) is 34.2. The van der Waals surface area contributed by atoms with Gasteiger partial charge >= 0.3 is 0 Å². The van der Waals surface area contributed by atoms with Crippen LogP contribution in [-0.2, 0) is 19.1 Å². The summed E-state index contributed by atoms with van der Waals surface area (Å²) in [6.07, 6.45) is 7.04. The maximum Gasteiger partial charge on any atom is 0.284 e. The van der Waals surface area contributed by atoms with Crippen molar-refractivity contribution in [3.8, 4) is 0 Å². The van der Waals surface area contributed by atoms with Crippen LogP contribution in [0.25, 0.3) is 15.7 Å². The van der Waals surface area contributed by atoms with Crippen molar-refractivity contribution in [2.45, 2.75) is 75.5 Å². The van der Waals surface area contributed by atoms with Gasteiger partial charge in [0.2, 0.25) is 17.7 Å². The van der Waals surface area contributed by atoms with E-state index in [9.17, 15) is 28.0 Å². The molecule has 5 fully saturated rings. The number of nitrogens with zero attached hydrogens (tertiary/aromatic N) is 9. The SMILES string of the molecule is O=C1CC[C@H](c2nsc3c(NC(=O)CN4CCN(CC5CCC(n6cc(NC(=O)c7cnn8ccc(N9C[C@@H]%10C[C@H]9CO%10)nc78)c(C(F)F)n6)CC5)CC4)cccc23)C(=O)N1. The third-order valence-electron chi connectivity index (χ3n) is 12.9. The van der Waals surface area contributed by atoms with E-state index in [2.05, 4.69) is 45.2 Å². The van der Waals surface area contributed by atoms with Crippen LogP contribution in [0.1, 0.15) is 85.1 Å². The number of alkyl halides is 2. The Hall–Kier alpha value is -5.44. The Bertz CT molecular complexity index is 2490. The molecule has 4 saturated heterocycles. The van der Waals surface area contributed by atoms with E-state index in [0.717, 1.165) is 87.3 Å². The lowest BCUT2D eigenvalue weighted by Crippen LogP contribution is -2.49. The highest BCUT2D eigenvalue weighted by molar-refractivity contribution is 7.14. The number of ether oxygens (including phenoxy) is 1. The summed E-state index contributed by atoms with van der Waals surface area (Å²) >= 11 is 1.24. The molecule has 4 aliphatic heterocycles. The zero-order chi connectivity index (χ0) is 41.8. The van der Waals surface area contributed by atoms with Gasteiger partial charge in [0.15, 0.2) is 11.3 Å². The molecule has 17 nitrogen and oxygen atoms in total. The second-order valence-corrected chi connectivity index (χ2v) is 17.6. The summed E-state index contributed by atoms with van der Waals surface area (Å²) in [5, 5.41) is 17.5. The van der Waals surface area contributed by atoms with Crippen LogP contribution in [0, 0.1) is 5.92 Å². The molecular weight excluding hydrogens is 811 g/mol. The molecule has 20 heteroatoms. The van der Waals surface area contributed by atoms with Gasteiger partial charge in [0.05, 0.1) is 65.2 Å². The van der Waals surface area contributed by atoms with Gasteiger partial charge in [-0.3, -0.25) is 34.1 Å². The summed E-state index contributed by atoms with van der Waals surface area (Å²) in [4.78, 5) is 62.4. The number of carbonyl (C=O) groups excluding carboxylic acids is 4. The van der Waals surface area contributed by atoms with Crippen LogP contribution >= 0.6 is 11.5 Å². The van der Waals surface area contributed by atoms with Gasteiger partial charge in [-0.25, -0.2) is 18.3 Å². The van der Waals surface area contributed by atoms with Crippen LogP contribution in [-0.4, -0.2) is 127 Å². The van der Waals surface area contributed by atoms with Crippen molar-refractivity contribution in [1.29, 1.82) is 0 Å². The monoisotopic (exact) mass is 856 g/mol. The fourth-order valence-corrected chi connectivity index (χ4v) is 10.6. The molecule has 0 spiro atoms. The highest BCUT2D eigenvalue weighted by Crippen LogP contribution is 2.38. The predicted octanol–water partition coefficient (Wildman–Crippen LogP) is 4.21. The van der Waals surface area contributed by atoms with Crippen molar-refractivity contribution in [1.82, 2.24) is 43.9 Å². The van der Waals surface area contributed by atoms with Crippen LogP contribution in [0.5, 0.6) is 0 Å². The van der Waals surface area contributed by atoms with Crippen molar-refractivity contribution in [3.05, 3.63) is 59.8 Å². The molecule has 1 saturated carbocycles. The predicted molar refractivity (Wildman–Crippen MR) is 221 cm³/mol. The van der Waals surface area contributed by atoms with Gasteiger partial charge in [-0.05, 0) is 68.1 Å². The number of halogens is 2. The molecule has 3 N–H and O–H groups in total. The number of morpholine rings is 1. The Morgan fingerprint density at radius 2 is 1.80 bits per heavy atom. The van der Waals surface area contributed by atoms with Crippen molar-refractivity contribution in [2.75, 3.05) is 68.0 Å². The lowest BCUT2D eigenvalue weighted by Gasteiger charge is -2.38. The minimum Gasteiger partial charge on any atom is -0.374 e.